The number of aryl methyl sites for hydroxylation is 1. The van der Waals surface area contributed by atoms with Gasteiger partial charge in [0, 0.05) is 29.2 Å². The number of carboxylic acid groups (broad SMARTS) is 1. The summed E-state index contributed by atoms with van der Waals surface area (Å²) in [4.78, 5) is 28.5. The number of amides is 1. The lowest BCUT2D eigenvalue weighted by Crippen LogP contribution is -2.37. The fraction of sp³-hybridized carbons (Fsp3) is 0.412. The summed E-state index contributed by atoms with van der Waals surface area (Å²) in [7, 11) is 1.77. The highest BCUT2D eigenvalue weighted by molar-refractivity contribution is 5.90. The van der Waals surface area contributed by atoms with Crippen molar-refractivity contribution in [3.05, 3.63) is 35.5 Å². The Kier molecular flexibility index (Phi) is 4.09. The van der Waals surface area contributed by atoms with Crippen LogP contribution < -0.4 is 5.32 Å². The first-order valence-electron chi connectivity index (χ1n) is 7.74. The van der Waals surface area contributed by atoms with Crippen molar-refractivity contribution in [1.29, 1.82) is 0 Å². The second-order valence-corrected chi connectivity index (χ2v) is 6.24. The highest BCUT2D eigenvalue weighted by Gasteiger charge is 2.35. The minimum atomic E-state index is -0.836. The molecule has 0 bridgehead atoms. The average Bonchev–Trinajstić information content (AvgIpc) is 3.00. The maximum atomic E-state index is 12.4. The zero-order valence-corrected chi connectivity index (χ0v) is 13.3. The second kappa shape index (κ2) is 6.04. The number of hydrogen-bond acceptors (Lipinski definition) is 3. The number of carboxylic acids is 1. The largest absolute Gasteiger partial charge is 0.480 e. The topological polar surface area (TPSA) is 85.4 Å². The summed E-state index contributed by atoms with van der Waals surface area (Å²) in [6.45, 7) is 2.53. The van der Waals surface area contributed by atoms with Crippen LogP contribution in [0.15, 0.2) is 24.3 Å². The standard InChI is InChI=1S/C17H21N3O3/c1-10-13(12-5-3-4-6-14(12)18-10)8-16(21)19-11-7-15(17(22)23)20(2)9-11/h3-6,11,15,18H,7-9H2,1-2H3,(H,19,21)(H,22,23)/t11-,15-/m0/s1. The summed E-state index contributed by atoms with van der Waals surface area (Å²) < 4.78 is 0. The minimum Gasteiger partial charge on any atom is -0.480 e. The molecule has 1 aliphatic heterocycles. The van der Waals surface area contributed by atoms with Gasteiger partial charge in [0.2, 0.25) is 5.91 Å². The fourth-order valence-corrected chi connectivity index (χ4v) is 3.39. The third-order valence-electron chi connectivity index (χ3n) is 4.56. The van der Waals surface area contributed by atoms with Crippen LogP contribution in [0.2, 0.25) is 0 Å². The van der Waals surface area contributed by atoms with E-state index >= 15 is 0 Å². The zero-order valence-electron chi connectivity index (χ0n) is 13.3. The molecule has 1 saturated heterocycles. The van der Waals surface area contributed by atoms with Crippen LogP contribution in [0.5, 0.6) is 0 Å². The van der Waals surface area contributed by atoms with Gasteiger partial charge in [-0.25, -0.2) is 0 Å². The summed E-state index contributed by atoms with van der Waals surface area (Å²) >= 11 is 0. The molecule has 3 N–H and O–H groups in total. The van der Waals surface area contributed by atoms with E-state index in [0.29, 0.717) is 19.4 Å². The molecule has 6 nitrogen and oxygen atoms in total. The molecule has 2 aromatic rings. The maximum Gasteiger partial charge on any atom is 0.320 e. The third kappa shape index (κ3) is 3.07. The van der Waals surface area contributed by atoms with Crippen LogP contribution >= 0.6 is 0 Å². The number of hydrogen-bond donors (Lipinski definition) is 3. The zero-order chi connectivity index (χ0) is 16.6. The van der Waals surface area contributed by atoms with Crippen LogP contribution in [-0.2, 0) is 16.0 Å². The number of fused-ring (bicyclic) bond motifs is 1. The Hall–Kier alpha value is -2.34. The molecule has 1 amide bonds. The smallest absolute Gasteiger partial charge is 0.320 e. The lowest BCUT2D eigenvalue weighted by Gasteiger charge is -2.13. The Morgan fingerprint density at radius 1 is 1.39 bits per heavy atom. The molecule has 1 fully saturated rings. The van der Waals surface area contributed by atoms with Gasteiger partial charge in [0.15, 0.2) is 0 Å². The van der Waals surface area contributed by atoms with E-state index < -0.39 is 12.0 Å². The van der Waals surface area contributed by atoms with E-state index in [0.717, 1.165) is 22.2 Å². The lowest BCUT2D eigenvalue weighted by atomic mass is 10.1. The first kappa shape index (κ1) is 15.6. The number of likely N-dealkylation sites (tertiary alicyclic amines) is 1. The summed E-state index contributed by atoms with van der Waals surface area (Å²) in [6, 6.07) is 7.29. The number of aromatic nitrogens is 1. The molecule has 122 valence electrons. The summed E-state index contributed by atoms with van der Waals surface area (Å²) in [5.41, 5.74) is 3.02. The molecule has 2 heterocycles. The van der Waals surface area contributed by atoms with E-state index in [1.807, 2.05) is 31.2 Å². The molecule has 1 aromatic heterocycles. The highest BCUT2D eigenvalue weighted by atomic mass is 16.4. The molecule has 0 radical (unpaired) electrons. The molecular weight excluding hydrogens is 294 g/mol. The number of para-hydroxylation sites is 1. The van der Waals surface area contributed by atoms with Crippen molar-refractivity contribution >= 4 is 22.8 Å². The SMILES string of the molecule is Cc1[nH]c2ccccc2c1CC(=O)N[C@H]1C[C@@H](C(=O)O)N(C)C1. The molecule has 0 unspecified atom stereocenters. The molecule has 1 aromatic carbocycles. The Morgan fingerprint density at radius 3 is 2.83 bits per heavy atom. The van der Waals surface area contributed by atoms with Crippen molar-refractivity contribution in [3.8, 4) is 0 Å². The number of rotatable bonds is 4. The quantitative estimate of drug-likeness (QED) is 0.794. The van der Waals surface area contributed by atoms with Crippen molar-refractivity contribution < 1.29 is 14.7 Å². The summed E-state index contributed by atoms with van der Waals surface area (Å²) in [5, 5.41) is 13.2. The Labute approximate surface area is 134 Å². The molecule has 0 spiro atoms. The van der Waals surface area contributed by atoms with Crippen molar-refractivity contribution in [2.75, 3.05) is 13.6 Å². The molecule has 2 atom stereocenters. The average molecular weight is 315 g/mol. The molecular formula is C17H21N3O3. The van der Waals surface area contributed by atoms with Gasteiger partial charge in [0.05, 0.1) is 6.42 Å². The Morgan fingerprint density at radius 2 is 2.13 bits per heavy atom. The number of nitrogens with zero attached hydrogens (tertiary/aromatic N) is 1. The van der Waals surface area contributed by atoms with Crippen LogP contribution in [0.4, 0.5) is 0 Å². The number of aliphatic carboxylic acids is 1. The number of benzene rings is 1. The molecule has 1 aliphatic rings. The highest BCUT2D eigenvalue weighted by Crippen LogP contribution is 2.22. The fourth-order valence-electron chi connectivity index (χ4n) is 3.39. The number of nitrogens with one attached hydrogen (secondary N) is 2. The van der Waals surface area contributed by atoms with Gasteiger partial charge >= 0.3 is 5.97 Å². The molecule has 6 heteroatoms. The molecule has 3 rings (SSSR count). The predicted octanol–water partition coefficient (Wildman–Crippen LogP) is 1.29. The van der Waals surface area contributed by atoms with Crippen LogP contribution in [0.25, 0.3) is 10.9 Å². The number of carbonyl (C=O) groups is 2. The van der Waals surface area contributed by atoms with Crippen LogP contribution in [0, 0.1) is 6.92 Å². The van der Waals surface area contributed by atoms with Gasteiger partial charge in [0.1, 0.15) is 6.04 Å². The van der Waals surface area contributed by atoms with Gasteiger partial charge in [-0.15, -0.1) is 0 Å². The van der Waals surface area contributed by atoms with Gasteiger partial charge in [-0.3, -0.25) is 14.5 Å². The van der Waals surface area contributed by atoms with E-state index in [4.69, 9.17) is 5.11 Å². The first-order valence-corrected chi connectivity index (χ1v) is 7.74. The number of aromatic amines is 1. The second-order valence-electron chi connectivity index (χ2n) is 6.24. The van der Waals surface area contributed by atoms with E-state index in [1.165, 1.54) is 0 Å². The van der Waals surface area contributed by atoms with Crippen molar-refractivity contribution in [2.45, 2.75) is 31.8 Å². The Bertz CT molecular complexity index is 753. The summed E-state index contributed by atoms with van der Waals surface area (Å²) in [5.74, 6) is -0.904. The van der Waals surface area contributed by atoms with Crippen molar-refractivity contribution in [2.24, 2.45) is 0 Å². The van der Waals surface area contributed by atoms with Gasteiger partial charge in [0.25, 0.3) is 0 Å². The molecule has 0 saturated carbocycles. The van der Waals surface area contributed by atoms with Crippen LogP contribution in [0.3, 0.4) is 0 Å². The van der Waals surface area contributed by atoms with E-state index in [-0.39, 0.29) is 11.9 Å². The van der Waals surface area contributed by atoms with E-state index in [1.54, 1.807) is 11.9 Å². The van der Waals surface area contributed by atoms with Crippen LogP contribution in [-0.4, -0.2) is 52.5 Å². The molecule has 23 heavy (non-hydrogen) atoms. The van der Waals surface area contributed by atoms with E-state index in [9.17, 15) is 9.59 Å². The van der Waals surface area contributed by atoms with Crippen molar-refractivity contribution in [1.82, 2.24) is 15.2 Å². The molecule has 0 aliphatic carbocycles. The summed E-state index contributed by atoms with van der Waals surface area (Å²) in [6.07, 6.45) is 0.748. The third-order valence-corrected chi connectivity index (χ3v) is 4.56. The maximum absolute atomic E-state index is 12.4. The number of likely N-dealkylation sites (N-methyl/N-ethyl adjacent to an activating group) is 1. The Balaban J connectivity index is 1.68. The van der Waals surface area contributed by atoms with Gasteiger partial charge in [-0.05, 0) is 32.0 Å². The predicted molar refractivity (Wildman–Crippen MR) is 87.3 cm³/mol. The van der Waals surface area contributed by atoms with Gasteiger partial charge in [-0.2, -0.15) is 0 Å². The normalized spacial score (nSPS) is 21.7. The number of carbonyl (C=O) groups excluding carboxylic acids is 1. The monoisotopic (exact) mass is 315 g/mol. The lowest BCUT2D eigenvalue weighted by molar-refractivity contribution is -0.141. The van der Waals surface area contributed by atoms with E-state index in [2.05, 4.69) is 10.3 Å². The van der Waals surface area contributed by atoms with Crippen LogP contribution in [0.1, 0.15) is 17.7 Å². The minimum absolute atomic E-state index is 0.0673. The van der Waals surface area contributed by atoms with Gasteiger partial charge < -0.3 is 15.4 Å². The van der Waals surface area contributed by atoms with Gasteiger partial charge in [-0.1, -0.05) is 18.2 Å². The first-order chi connectivity index (χ1) is 11.0. The van der Waals surface area contributed by atoms with Crippen molar-refractivity contribution in [3.63, 3.8) is 0 Å². The number of H-pyrrole nitrogens is 1.